The zero-order valence-electron chi connectivity index (χ0n) is 17.7. The lowest BCUT2D eigenvalue weighted by Gasteiger charge is -2.34. The van der Waals surface area contributed by atoms with Crippen molar-refractivity contribution >= 4 is 11.7 Å². The fourth-order valence-electron chi connectivity index (χ4n) is 4.11. The van der Waals surface area contributed by atoms with Crippen LogP contribution < -0.4 is 10.2 Å². The van der Waals surface area contributed by atoms with Gasteiger partial charge in [-0.2, -0.15) is 0 Å². The van der Waals surface area contributed by atoms with E-state index in [0.29, 0.717) is 12.3 Å². The molecule has 0 spiro atoms. The fourth-order valence-corrected chi connectivity index (χ4v) is 4.11. The van der Waals surface area contributed by atoms with Gasteiger partial charge in [0.2, 0.25) is 5.91 Å². The molecule has 0 aliphatic carbocycles. The van der Waals surface area contributed by atoms with Gasteiger partial charge in [-0.3, -0.25) is 4.79 Å². The minimum atomic E-state index is 0.181. The summed E-state index contributed by atoms with van der Waals surface area (Å²) in [6, 6.07) is 4.44. The van der Waals surface area contributed by atoms with E-state index < -0.39 is 0 Å². The van der Waals surface area contributed by atoms with Crippen molar-refractivity contribution < 1.29 is 4.79 Å². The molecule has 1 N–H and O–H groups in total. The van der Waals surface area contributed by atoms with Crippen molar-refractivity contribution in [2.75, 3.05) is 50.7 Å². The molecule has 28 heavy (non-hydrogen) atoms. The first-order chi connectivity index (χ1) is 13.7. The Morgan fingerprint density at radius 1 is 1.11 bits per heavy atom. The highest BCUT2D eigenvalue weighted by Crippen LogP contribution is 2.16. The van der Waals surface area contributed by atoms with Gasteiger partial charge in [-0.1, -0.05) is 19.8 Å². The Kier molecular flexibility index (Phi) is 8.10. The Balaban J connectivity index is 1.45. The second-order valence-corrected chi connectivity index (χ2v) is 8.22. The van der Waals surface area contributed by atoms with E-state index in [4.69, 9.17) is 0 Å². The second-order valence-electron chi connectivity index (χ2n) is 8.22. The summed E-state index contributed by atoms with van der Waals surface area (Å²) in [4.78, 5) is 24.0. The van der Waals surface area contributed by atoms with Crippen LogP contribution in [-0.4, -0.2) is 72.5 Å². The molecule has 2 aliphatic heterocycles. The van der Waals surface area contributed by atoms with Gasteiger partial charge in [-0.05, 0) is 44.0 Å². The first-order valence-electron chi connectivity index (χ1n) is 11.1. The molecule has 1 atom stereocenters. The number of carbonyl (C=O) groups is 1. The number of pyridine rings is 1. The maximum Gasteiger partial charge on any atom is 0.224 e. The highest BCUT2D eigenvalue weighted by molar-refractivity contribution is 5.76. The molecule has 2 fully saturated rings. The molecule has 3 heterocycles. The number of aromatic nitrogens is 1. The third-order valence-electron chi connectivity index (χ3n) is 6.05. The Hall–Kier alpha value is -1.66. The molecule has 1 aromatic heterocycles. The average Bonchev–Trinajstić information content (AvgIpc) is 3.02. The molecule has 6 nitrogen and oxygen atoms in total. The minimum Gasteiger partial charge on any atom is -0.354 e. The van der Waals surface area contributed by atoms with Gasteiger partial charge in [-0.25, -0.2) is 4.98 Å². The zero-order chi connectivity index (χ0) is 19.8. The number of hydrogen-bond acceptors (Lipinski definition) is 5. The molecule has 2 aliphatic rings. The number of carbonyl (C=O) groups excluding carboxylic acids is 1. The number of anilines is 1. The SMILES string of the molecule is CCN1CCN(c2cc(CN[C@@H](C)CC(=O)N3CCCCCC3)ccn2)CC1. The molecule has 0 saturated carbocycles. The summed E-state index contributed by atoms with van der Waals surface area (Å²) in [5.74, 6) is 1.37. The van der Waals surface area contributed by atoms with Crippen molar-refractivity contribution in [1.82, 2.24) is 20.1 Å². The van der Waals surface area contributed by atoms with Crippen LogP contribution in [0.3, 0.4) is 0 Å². The van der Waals surface area contributed by atoms with Crippen molar-refractivity contribution in [3.05, 3.63) is 23.9 Å². The van der Waals surface area contributed by atoms with Gasteiger partial charge >= 0.3 is 0 Å². The summed E-state index contributed by atoms with van der Waals surface area (Å²) in [6.07, 6.45) is 7.31. The largest absolute Gasteiger partial charge is 0.354 e. The van der Waals surface area contributed by atoms with Gasteiger partial charge in [0.05, 0.1) is 0 Å². The lowest BCUT2D eigenvalue weighted by molar-refractivity contribution is -0.131. The maximum absolute atomic E-state index is 12.5. The lowest BCUT2D eigenvalue weighted by Crippen LogP contribution is -2.46. The molecular formula is C22H37N5O. The highest BCUT2D eigenvalue weighted by Gasteiger charge is 2.19. The number of likely N-dealkylation sites (N-methyl/N-ethyl adjacent to an activating group) is 1. The van der Waals surface area contributed by atoms with E-state index in [0.717, 1.165) is 71.0 Å². The van der Waals surface area contributed by atoms with Crippen LogP contribution in [0.15, 0.2) is 18.3 Å². The summed E-state index contributed by atoms with van der Waals surface area (Å²) < 4.78 is 0. The van der Waals surface area contributed by atoms with Crippen molar-refractivity contribution in [3.8, 4) is 0 Å². The second kappa shape index (κ2) is 10.8. The topological polar surface area (TPSA) is 51.7 Å². The lowest BCUT2D eigenvalue weighted by atomic mass is 10.1. The fraction of sp³-hybridized carbons (Fsp3) is 0.727. The molecule has 0 unspecified atom stereocenters. The van der Waals surface area contributed by atoms with Crippen LogP contribution in [0.5, 0.6) is 0 Å². The van der Waals surface area contributed by atoms with E-state index in [1.807, 2.05) is 6.20 Å². The van der Waals surface area contributed by atoms with Gasteiger partial charge in [-0.15, -0.1) is 0 Å². The molecule has 6 heteroatoms. The highest BCUT2D eigenvalue weighted by atomic mass is 16.2. The molecule has 1 aromatic rings. The van der Waals surface area contributed by atoms with E-state index in [1.54, 1.807) is 0 Å². The van der Waals surface area contributed by atoms with E-state index in [9.17, 15) is 4.79 Å². The summed E-state index contributed by atoms with van der Waals surface area (Å²) in [5.41, 5.74) is 1.23. The first kappa shape index (κ1) is 21.1. The molecule has 3 rings (SSSR count). The van der Waals surface area contributed by atoms with Gasteiger partial charge < -0.3 is 20.0 Å². The van der Waals surface area contributed by atoms with Crippen LogP contribution in [0.4, 0.5) is 5.82 Å². The molecule has 0 bridgehead atoms. The van der Waals surface area contributed by atoms with Crippen LogP contribution in [0.2, 0.25) is 0 Å². The minimum absolute atomic E-state index is 0.181. The third-order valence-corrected chi connectivity index (χ3v) is 6.05. The third kappa shape index (κ3) is 6.17. The average molecular weight is 388 g/mol. The van der Waals surface area contributed by atoms with Crippen LogP contribution in [-0.2, 0) is 11.3 Å². The number of nitrogens with zero attached hydrogens (tertiary/aromatic N) is 4. The van der Waals surface area contributed by atoms with Crippen molar-refractivity contribution in [3.63, 3.8) is 0 Å². The normalized spacial score (nSPS) is 20.1. The summed E-state index contributed by atoms with van der Waals surface area (Å²) in [6.45, 7) is 12.4. The first-order valence-corrected chi connectivity index (χ1v) is 11.1. The number of rotatable bonds is 7. The predicted molar refractivity (Wildman–Crippen MR) is 115 cm³/mol. The molecular weight excluding hydrogens is 350 g/mol. The Morgan fingerprint density at radius 3 is 2.50 bits per heavy atom. The monoisotopic (exact) mass is 387 g/mol. The quantitative estimate of drug-likeness (QED) is 0.779. The standard InChI is InChI=1S/C22H37N5O/c1-3-25-12-14-26(15-13-25)21-17-20(8-9-23-21)18-24-19(2)16-22(28)27-10-6-4-5-7-11-27/h8-9,17,19,24H,3-7,10-16,18H2,1-2H3/t19-/m0/s1. The number of piperazine rings is 1. The van der Waals surface area contributed by atoms with Crippen molar-refractivity contribution in [1.29, 1.82) is 0 Å². The van der Waals surface area contributed by atoms with Crippen molar-refractivity contribution in [2.24, 2.45) is 0 Å². The molecule has 2 saturated heterocycles. The molecule has 156 valence electrons. The molecule has 0 radical (unpaired) electrons. The Labute approximate surface area is 170 Å². The Morgan fingerprint density at radius 2 is 1.82 bits per heavy atom. The summed E-state index contributed by atoms with van der Waals surface area (Å²) >= 11 is 0. The zero-order valence-corrected chi connectivity index (χ0v) is 17.7. The van der Waals surface area contributed by atoms with E-state index in [-0.39, 0.29) is 6.04 Å². The summed E-state index contributed by atoms with van der Waals surface area (Å²) in [5, 5.41) is 3.53. The van der Waals surface area contributed by atoms with Crippen LogP contribution in [0, 0.1) is 0 Å². The van der Waals surface area contributed by atoms with E-state index in [2.05, 4.69) is 51.0 Å². The maximum atomic E-state index is 12.5. The molecule has 1 amide bonds. The Bertz CT molecular complexity index is 607. The van der Waals surface area contributed by atoms with E-state index >= 15 is 0 Å². The predicted octanol–water partition coefficient (Wildman–Crippen LogP) is 2.49. The van der Waals surface area contributed by atoms with Gasteiger partial charge in [0, 0.05) is 64.5 Å². The number of amides is 1. The van der Waals surface area contributed by atoms with E-state index in [1.165, 1.54) is 18.4 Å². The molecule has 0 aromatic carbocycles. The number of nitrogens with one attached hydrogen (secondary N) is 1. The van der Waals surface area contributed by atoms with Crippen LogP contribution >= 0.6 is 0 Å². The number of hydrogen-bond donors (Lipinski definition) is 1. The van der Waals surface area contributed by atoms with Crippen LogP contribution in [0.25, 0.3) is 0 Å². The van der Waals surface area contributed by atoms with Crippen LogP contribution in [0.1, 0.15) is 51.5 Å². The van der Waals surface area contributed by atoms with Crippen molar-refractivity contribution in [2.45, 2.75) is 58.5 Å². The summed E-state index contributed by atoms with van der Waals surface area (Å²) in [7, 11) is 0. The van der Waals surface area contributed by atoms with Gasteiger partial charge in [0.25, 0.3) is 0 Å². The smallest absolute Gasteiger partial charge is 0.224 e. The van der Waals surface area contributed by atoms with Gasteiger partial charge in [0.15, 0.2) is 0 Å². The van der Waals surface area contributed by atoms with Gasteiger partial charge in [0.1, 0.15) is 5.82 Å². The number of likely N-dealkylation sites (tertiary alicyclic amines) is 1.